The highest BCUT2D eigenvalue weighted by atomic mass is 19.1. The molecule has 0 spiro atoms. The van der Waals surface area contributed by atoms with E-state index in [1.165, 1.54) is 12.1 Å². The average Bonchev–Trinajstić information content (AvgIpc) is 3.06. The van der Waals surface area contributed by atoms with Gasteiger partial charge in [0.05, 0.1) is 6.42 Å². The normalized spacial score (nSPS) is 15.7. The summed E-state index contributed by atoms with van der Waals surface area (Å²) >= 11 is 0. The maximum Gasteiger partial charge on any atom is 0.226 e. The van der Waals surface area contributed by atoms with Gasteiger partial charge in [0.2, 0.25) is 5.91 Å². The van der Waals surface area contributed by atoms with E-state index in [0.717, 1.165) is 49.4 Å². The zero-order valence-corrected chi connectivity index (χ0v) is 14.3. The Morgan fingerprint density at radius 3 is 2.75 bits per heavy atom. The average molecular weight is 329 g/mol. The second kappa shape index (κ2) is 7.16. The maximum absolute atomic E-state index is 13.2. The fraction of sp³-hybridized carbons (Fsp3) is 0.474. The van der Waals surface area contributed by atoms with Crippen LogP contribution in [0, 0.1) is 12.7 Å². The van der Waals surface area contributed by atoms with E-state index in [2.05, 4.69) is 16.5 Å². The molecule has 0 aliphatic carbocycles. The molecule has 1 aromatic heterocycles. The Balaban J connectivity index is 1.59. The Hall–Kier alpha value is -2.17. The number of aryl methyl sites for hydroxylation is 2. The summed E-state index contributed by atoms with van der Waals surface area (Å²) in [6.07, 6.45) is 6.12. The van der Waals surface area contributed by atoms with E-state index in [-0.39, 0.29) is 11.7 Å². The van der Waals surface area contributed by atoms with Crippen LogP contribution in [-0.4, -0.2) is 33.4 Å². The molecule has 2 heterocycles. The Morgan fingerprint density at radius 1 is 1.33 bits per heavy atom. The Bertz CT molecular complexity index is 717. The molecule has 1 amide bonds. The minimum Gasteiger partial charge on any atom is -0.342 e. The molecule has 0 unspecified atom stereocenters. The van der Waals surface area contributed by atoms with Crippen LogP contribution in [0.2, 0.25) is 0 Å². The smallest absolute Gasteiger partial charge is 0.226 e. The summed E-state index contributed by atoms with van der Waals surface area (Å²) in [5.74, 6) is 1.44. The minimum atomic E-state index is -0.254. The first-order chi connectivity index (χ1) is 11.6. The third-order valence-corrected chi connectivity index (χ3v) is 4.95. The van der Waals surface area contributed by atoms with Gasteiger partial charge in [0.15, 0.2) is 0 Å². The molecule has 24 heavy (non-hydrogen) atoms. The summed E-state index contributed by atoms with van der Waals surface area (Å²) < 4.78 is 15.4. The first-order valence-corrected chi connectivity index (χ1v) is 8.62. The summed E-state index contributed by atoms with van der Waals surface area (Å²) in [7, 11) is 0. The molecule has 2 aromatic rings. The van der Waals surface area contributed by atoms with Crippen LogP contribution >= 0.6 is 0 Å². The van der Waals surface area contributed by atoms with Gasteiger partial charge in [-0.1, -0.05) is 6.07 Å². The van der Waals surface area contributed by atoms with E-state index >= 15 is 0 Å². The lowest BCUT2D eigenvalue weighted by atomic mass is 9.95. The number of benzene rings is 1. The standard InChI is InChI=1S/C19H24FN3O/c1-3-22-11-8-21-19(22)15-6-9-23(10-7-15)18(24)13-16-4-5-17(20)12-14(16)2/h4-5,8,11-12,15H,3,6-7,9-10,13H2,1-2H3. The number of carbonyl (C=O) groups excluding carboxylic acids is 1. The van der Waals surface area contributed by atoms with Gasteiger partial charge in [-0.05, 0) is 49.9 Å². The number of nitrogens with zero attached hydrogens (tertiary/aromatic N) is 3. The van der Waals surface area contributed by atoms with E-state index in [0.29, 0.717) is 12.3 Å². The number of rotatable bonds is 4. The van der Waals surface area contributed by atoms with E-state index in [1.54, 1.807) is 6.07 Å². The van der Waals surface area contributed by atoms with Crippen molar-refractivity contribution < 1.29 is 9.18 Å². The van der Waals surface area contributed by atoms with Crippen molar-refractivity contribution in [2.75, 3.05) is 13.1 Å². The maximum atomic E-state index is 13.2. The topological polar surface area (TPSA) is 38.1 Å². The van der Waals surface area contributed by atoms with Crippen molar-refractivity contribution in [2.24, 2.45) is 0 Å². The van der Waals surface area contributed by atoms with Crippen molar-refractivity contribution >= 4 is 5.91 Å². The summed E-state index contributed by atoms with van der Waals surface area (Å²) in [4.78, 5) is 19.0. The molecule has 0 radical (unpaired) electrons. The zero-order chi connectivity index (χ0) is 17.1. The monoisotopic (exact) mass is 329 g/mol. The van der Waals surface area contributed by atoms with Gasteiger partial charge < -0.3 is 9.47 Å². The predicted octanol–water partition coefficient (Wildman–Crippen LogP) is 3.30. The van der Waals surface area contributed by atoms with Gasteiger partial charge in [0, 0.05) is 37.9 Å². The SMILES string of the molecule is CCn1ccnc1C1CCN(C(=O)Cc2ccc(F)cc2C)CC1. The third kappa shape index (κ3) is 3.50. The minimum absolute atomic E-state index is 0.127. The molecule has 4 nitrogen and oxygen atoms in total. The van der Waals surface area contributed by atoms with Crippen LogP contribution in [-0.2, 0) is 17.8 Å². The zero-order valence-electron chi connectivity index (χ0n) is 14.3. The molecule has 1 aliphatic heterocycles. The number of hydrogen-bond donors (Lipinski definition) is 0. The van der Waals surface area contributed by atoms with Crippen LogP contribution in [0.4, 0.5) is 4.39 Å². The van der Waals surface area contributed by atoms with Gasteiger partial charge in [-0.2, -0.15) is 0 Å². The van der Waals surface area contributed by atoms with Crippen molar-refractivity contribution in [1.29, 1.82) is 0 Å². The first kappa shape index (κ1) is 16.7. The largest absolute Gasteiger partial charge is 0.342 e. The Kier molecular flexibility index (Phi) is 4.97. The number of aromatic nitrogens is 2. The highest BCUT2D eigenvalue weighted by molar-refractivity contribution is 5.79. The number of likely N-dealkylation sites (tertiary alicyclic amines) is 1. The fourth-order valence-corrected chi connectivity index (χ4v) is 3.47. The van der Waals surface area contributed by atoms with Gasteiger partial charge >= 0.3 is 0 Å². The Labute approximate surface area is 142 Å². The lowest BCUT2D eigenvalue weighted by Crippen LogP contribution is -2.39. The summed E-state index contributed by atoms with van der Waals surface area (Å²) in [6.45, 7) is 6.43. The highest BCUT2D eigenvalue weighted by Crippen LogP contribution is 2.27. The van der Waals surface area contributed by atoms with E-state index < -0.39 is 0 Å². The van der Waals surface area contributed by atoms with Gasteiger partial charge in [-0.25, -0.2) is 9.37 Å². The van der Waals surface area contributed by atoms with Gasteiger partial charge in [-0.15, -0.1) is 0 Å². The number of carbonyl (C=O) groups is 1. The van der Waals surface area contributed by atoms with E-state index in [9.17, 15) is 9.18 Å². The van der Waals surface area contributed by atoms with Crippen LogP contribution < -0.4 is 0 Å². The van der Waals surface area contributed by atoms with Crippen molar-refractivity contribution in [3.05, 3.63) is 53.4 Å². The molecule has 1 saturated heterocycles. The van der Waals surface area contributed by atoms with Crippen LogP contribution in [0.15, 0.2) is 30.6 Å². The molecular weight excluding hydrogens is 305 g/mol. The lowest BCUT2D eigenvalue weighted by Gasteiger charge is -2.32. The molecule has 0 N–H and O–H groups in total. The molecule has 1 aliphatic rings. The number of piperidine rings is 1. The number of imidazole rings is 1. The fourth-order valence-electron chi connectivity index (χ4n) is 3.47. The number of halogens is 1. The van der Waals surface area contributed by atoms with Crippen molar-refractivity contribution in [3.8, 4) is 0 Å². The quantitative estimate of drug-likeness (QED) is 0.863. The van der Waals surface area contributed by atoms with Gasteiger partial charge in [0.25, 0.3) is 0 Å². The van der Waals surface area contributed by atoms with E-state index in [1.807, 2.05) is 24.2 Å². The molecule has 5 heteroatoms. The molecule has 128 valence electrons. The van der Waals surface area contributed by atoms with Crippen LogP contribution in [0.5, 0.6) is 0 Å². The van der Waals surface area contributed by atoms with Gasteiger partial charge in [0.1, 0.15) is 11.6 Å². The first-order valence-electron chi connectivity index (χ1n) is 8.62. The second-order valence-corrected chi connectivity index (χ2v) is 6.47. The number of amides is 1. The molecule has 0 atom stereocenters. The highest BCUT2D eigenvalue weighted by Gasteiger charge is 2.26. The molecule has 0 bridgehead atoms. The van der Waals surface area contributed by atoms with Crippen molar-refractivity contribution in [1.82, 2.24) is 14.5 Å². The molecule has 0 saturated carbocycles. The summed E-state index contributed by atoms with van der Waals surface area (Å²) in [6, 6.07) is 4.62. The van der Waals surface area contributed by atoms with Crippen LogP contribution in [0.25, 0.3) is 0 Å². The number of hydrogen-bond acceptors (Lipinski definition) is 2. The Morgan fingerprint density at radius 2 is 2.08 bits per heavy atom. The second-order valence-electron chi connectivity index (χ2n) is 6.47. The van der Waals surface area contributed by atoms with E-state index in [4.69, 9.17) is 0 Å². The summed E-state index contributed by atoms with van der Waals surface area (Å²) in [5, 5.41) is 0. The predicted molar refractivity (Wildman–Crippen MR) is 91.3 cm³/mol. The molecular formula is C19H24FN3O. The van der Waals surface area contributed by atoms with Crippen LogP contribution in [0.3, 0.4) is 0 Å². The van der Waals surface area contributed by atoms with Crippen molar-refractivity contribution in [2.45, 2.75) is 45.6 Å². The molecule has 1 aromatic carbocycles. The van der Waals surface area contributed by atoms with Crippen molar-refractivity contribution in [3.63, 3.8) is 0 Å². The third-order valence-electron chi connectivity index (χ3n) is 4.95. The van der Waals surface area contributed by atoms with Crippen LogP contribution in [0.1, 0.15) is 42.6 Å². The summed E-state index contributed by atoms with van der Waals surface area (Å²) in [5.41, 5.74) is 1.74. The lowest BCUT2D eigenvalue weighted by molar-refractivity contribution is -0.131. The molecule has 1 fully saturated rings. The van der Waals surface area contributed by atoms with Gasteiger partial charge in [-0.3, -0.25) is 4.79 Å². The molecule has 3 rings (SSSR count).